The second kappa shape index (κ2) is 8.07. The van der Waals surface area contributed by atoms with Crippen molar-refractivity contribution in [1.29, 1.82) is 5.26 Å². The molecule has 0 aliphatic heterocycles. The topological polar surface area (TPSA) is 42.2 Å². The molecule has 0 saturated heterocycles. The normalized spacial score (nSPS) is 47.9. The second-order valence-electron chi connectivity index (χ2n) is 14.7. The van der Waals surface area contributed by atoms with Gasteiger partial charge in [-0.15, -0.1) is 0 Å². The average molecular weight is 472 g/mol. The summed E-state index contributed by atoms with van der Waals surface area (Å²) in [5, 5.41) is 10.1. The minimum atomic E-state index is -1.83. The van der Waals surface area contributed by atoms with E-state index in [2.05, 4.69) is 53.8 Å². The van der Waals surface area contributed by atoms with E-state index in [0.717, 1.165) is 30.1 Å². The molecule has 5 fully saturated rings. The van der Waals surface area contributed by atoms with E-state index in [4.69, 9.17) is 9.16 Å². The quantitative estimate of drug-likeness (QED) is 0.394. The summed E-state index contributed by atoms with van der Waals surface area (Å²) in [7, 11) is -1.83. The minimum Gasteiger partial charge on any atom is -0.411 e. The molecule has 0 heterocycles. The summed E-state index contributed by atoms with van der Waals surface area (Å²) in [5.74, 6) is 3.45. The third kappa shape index (κ3) is 3.97. The Labute approximate surface area is 204 Å². The molecular weight excluding hydrogens is 422 g/mol. The zero-order valence-corrected chi connectivity index (χ0v) is 23.5. The van der Waals surface area contributed by atoms with Gasteiger partial charge in [-0.2, -0.15) is 5.26 Å². The highest BCUT2D eigenvalue weighted by Gasteiger charge is 2.62. The highest BCUT2D eigenvalue weighted by atomic mass is 28.4. The molecule has 5 aliphatic rings. The molecule has 0 aromatic heterocycles. The van der Waals surface area contributed by atoms with Gasteiger partial charge in [-0.3, -0.25) is 0 Å². The summed E-state index contributed by atoms with van der Waals surface area (Å²) in [6.45, 7) is 17.0. The Bertz CT molecular complexity index is 794. The minimum absolute atomic E-state index is 0.239. The number of ether oxygens (including phenoxy) is 1. The van der Waals surface area contributed by atoms with Crippen LogP contribution in [-0.4, -0.2) is 26.6 Å². The maximum Gasteiger partial charge on any atom is 0.192 e. The van der Waals surface area contributed by atoms with E-state index in [1.165, 1.54) is 57.8 Å². The molecule has 0 aromatic carbocycles. The van der Waals surface area contributed by atoms with Crippen molar-refractivity contribution < 1.29 is 9.16 Å². The van der Waals surface area contributed by atoms with Crippen molar-refractivity contribution in [3.63, 3.8) is 0 Å². The van der Waals surface area contributed by atoms with Crippen LogP contribution in [-0.2, 0) is 9.16 Å². The van der Waals surface area contributed by atoms with Crippen LogP contribution in [0.4, 0.5) is 0 Å². The Hall–Kier alpha value is -0.373. The zero-order valence-electron chi connectivity index (χ0n) is 22.5. The molecule has 186 valence electrons. The van der Waals surface area contributed by atoms with Crippen LogP contribution in [0.1, 0.15) is 98.8 Å². The molecule has 0 bridgehead atoms. The summed E-state index contributed by atoms with van der Waals surface area (Å²) in [6.07, 6.45) is 13.7. The standard InChI is InChI=1S/C29H49NO2Si/c1-27(2,3)33(6,7)32-25-16-19-8-12-22-23-13-9-20(18-30)28(23,4)15-14-24(22)29(19,5)17-26(25)31-21-10-11-21/h19-26H,8-17H2,1-7H3/t19-,20-,22-,23-,24-,25?,26-,28+,29-/m0/s1. The molecule has 0 spiro atoms. The molecule has 4 heteroatoms. The van der Waals surface area contributed by atoms with Gasteiger partial charge in [-0.05, 0) is 117 Å². The molecule has 0 aromatic rings. The highest BCUT2D eigenvalue weighted by molar-refractivity contribution is 6.74. The molecule has 9 atom stereocenters. The van der Waals surface area contributed by atoms with Crippen LogP contribution in [0.2, 0.25) is 18.1 Å². The van der Waals surface area contributed by atoms with Crippen LogP contribution < -0.4 is 0 Å². The Kier molecular flexibility index (Phi) is 5.95. The van der Waals surface area contributed by atoms with Crippen LogP contribution >= 0.6 is 0 Å². The Balaban J connectivity index is 1.39. The fraction of sp³-hybridized carbons (Fsp3) is 0.966. The fourth-order valence-corrected chi connectivity index (χ4v) is 10.1. The first-order valence-electron chi connectivity index (χ1n) is 14.1. The molecule has 5 aliphatic carbocycles. The lowest BCUT2D eigenvalue weighted by Crippen LogP contribution is -2.59. The lowest BCUT2D eigenvalue weighted by molar-refractivity contribution is -0.170. The van der Waals surface area contributed by atoms with Gasteiger partial charge in [0.25, 0.3) is 0 Å². The van der Waals surface area contributed by atoms with E-state index < -0.39 is 8.32 Å². The van der Waals surface area contributed by atoms with Gasteiger partial charge in [-0.1, -0.05) is 34.6 Å². The highest BCUT2D eigenvalue weighted by Crippen LogP contribution is 2.67. The molecule has 5 saturated carbocycles. The van der Waals surface area contributed by atoms with Gasteiger partial charge in [0.15, 0.2) is 8.32 Å². The largest absolute Gasteiger partial charge is 0.411 e. The number of nitriles is 1. The predicted octanol–water partition coefficient (Wildman–Crippen LogP) is 7.72. The number of nitrogens with zero attached hydrogens (tertiary/aromatic N) is 1. The van der Waals surface area contributed by atoms with Crippen molar-refractivity contribution in [2.24, 2.45) is 40.4 Å². The molecule has 0 amide bonds. The van der Waals surface area contributed by atoms with Crippen molar-refractivity contribution in [1.82, 2.24) is 0 Å². The van der Waals surface area contributed by atoms with Gasteiger partial charge >= 0.3 is 0 Å². The summed E-state index contributed by atoms with van der Waals surface area (Å²) in [4.78, 5) is 0. The lowest BCUT2D eigenvalue weighted by Gasteiger charge is -2.62. The number of hydrogen-bond acceptors (Lipinski definition) is 3. The van der Waals surface area contributed by atoms with Gasteiger partial charge in [0.1, 0.15) is 0 Å². The monoisotopic (exact) mass is 471 g/mol. The zero-order chi connectivity index (χ0) is 23.8. The third-order valence-electron chi connectivity index (χ3n) is 11.9. The fourth-order valence-electron chi connectivity index (χ4n) is 8.72. The summed E-state index contributed by atoms with van der Waals surface area (Å²) >= 11 is 0. The molecule has 5 rings (SSSR count). The van der Waals surface area contributed by atoms with Crippen LogP contribution in [0.5, 0.6) is 0 Å². The van der Waals surface area contributed by atoms with Gasteiger partial charge in [0.05, 0.1) is 30.3 Å². The first-order chi connectivity index (χ1) is 15.4. The summed E-state index contributed by atoms with van der Waals surface area (Å²) in [5.41, 5.74) is 0.646. The number of hydrogen-bond donors (Lipinski definition) is 0. The van der Waals surface area contributed by atoms with E-state index in [1.54, 1.807) is 0 Å². The number of fused-ring (bicyclic) bond motifs is 5. The molecule has 0 N–H and O–H groups in total. The Morgan fingerprint density at radius 2 is 1.58 bits per heavy atom. The van der Waals surface area contributed by atoms with Crippen molar-refractivity contribution in [2.45, 2.75) is 135 Å². The Morgan fingerprint density at radius 3 is 2.21 bits per heavy atom. The van der Waals surface area contributed by atoms with E-state index >= 15 is 0 Å². The van der Waals surface area contributed by atoms with Gasteiger partial charge < -0.3 is 9.16 Å². The number of rotatable bonds is 4. The predicted molar refractivity (Wildman–Crippen MR) is 136 cm³/mol. The van der Waals surface area contributed by atoms with Gasteiger partial charge in [-0.25, -0.2) is 0 Å². The Morgan fingerprint density at radius 1 is 0.879 bits per heavy atom. The smallest absolute Gasteiger partial charge is 0.192 e. The molecule has 0 radical (unpaired) electrons. The van der Waals surface area contributed by atoms with Crippen LogP contribution in [0.3, 0.4) is 0 Å². The molecular formula is C29H49NO2Si. The maximum atomic E-state index is 9.83. The van der Waals surface area contributed by atoms with E-state index in [-0.39, 0.29) is 28.6 Å². The van der Waals surface area contributed by atoms with E-state index in [9.17, 15) is 5.26 Å². The van der Waals surface area contributed by atoms with E-state index in [0.29, 0.717) is 11.5 Å². The molecule has 33 heavy (non-hydrogen) atoms. The van der Waals surface area contributed by atoms with Gasteiger partial charge in [0, 0.05) is 0 Å². The SMILES string of the molecule is CC(C)(C)[Si](C)(C)OC1C[C@@H]2CC[C@@H]3[C@H](CC[C@]4(C)[C@H](C#N)CC[C@@H]34)[C@@]2(C)C[C@@H]1OC1CC1. The van der Waals surface area contributed by atoms with Crippen molar-refractivity contribution in [3.8, 4) is 6.07 Å². The summed E-state index contributed by atoms with van der Waals surface area (Å²) in [6, 6.07) is 2.71. The third-order valence-corrected chi connectivity index (χ3v) is 16.4. The summed E-state index contributed by atoms with van der Waals surface area (Å²) < 4.78 is 13.9. The van der Waals surface area contributed by atoms with Crippen molar-refractivity contribution in [3.05, 3.63) is 0 Å². The molecule has 1 unspecified atom stereocenters. The van der Waals surface area contributed by atoms with Gasteiger partial charge in [0.2, 0.25) is 0 Å². The lowest BCUT2D eigenvalue weighted by atomic mass is 9.44. The van der Waals surface area contributed by atoms with E-state index in [1.807, 2.05) is 0 Å². The van der Waals surface area contributed by atoms with Crippen molar-refractivity contribution in [2.75, 3.05) is 0 Å². The first-order valence-corrected chi connectivity index (χ1v) is 17.0. The van der Waals surface area contributed by atoms with Crippen molar-refractivity contribution >= 4 is 8.32 Å². The van der Waals surface area contributed by atoms with Crippen LogP contribution in [0, 0.1) is 51.8 Å². The molecule has 3 nitrogen and oxygen atoms in total. The van der Waals surface area contributed by atoms with Crippen LogP contribution in [0.15, 0.2) is 0 Å². The first kappa shape index (κ1) is 24.3. The maximum absolute atomic E-state index is 9.83. The van der Waals surface area contributed by atoms with Crippen LogP contribution in [0.25, 0.3) is 0 Å². The second-order valence-corrected chi connectivity index (χ2v) is 19.4. The average Bonchev–Trinajstić information content (AvgIpc) is 3.46.